The lowest BCUT2D eigenvalue weighted by Gasteiger charge is -2.26. The predicted octanol–water partition coefficient (Wildman–Crippen LogP) is 5.61. The van der Waals surface area contributed by atoms with Crippen molar-refractivity contribution in [3.05, 3.63) is 62.5 Å². The van der Waals surface area contributed by atoms with Crippen LogP contribution in [0.25, 0.3) is 0 Å². The van der Waals surface area contributed by atoms with Crippen molar-refractivity contribution in [1.82, 2.24) is 0 Å². The van der Waals surface area contributed by atoms with Gasteiger partial charge in [-0.3, -0.25) is 0 Å². The minimum Gasteiger partial charge on any atom is -0.482 e. The second-order valence-corrected chi connectivity index (χ2v) is 6.40. The standard InChI is InChI=1S/C16H16BrCl2NO/c1-2-14(20)16(11-5-3-4-6-12(11)17)21-15-8-7-10(18)9-13(15)19/h3-9,14,16H,2,20H2,1H3. The molecule has 0 fully saturated rings. The molecule has 2 atom stereocenters. The zero-order valence-corrected chi connectivity index (χ0v) is 14.6. The molecule has 2 nitrogen and oxygen atoms in total. The van der Waals surface area contributed by atoms with Crippen LogP contribution in [0.1, 0.15) is 25.0 Å². The molecule has 2 aromatic rings. The minimum atomic E-state index is -0.288. The summed E-state index contributed by atoms with van der Waals surface area (Å²) in [6, 6.07) is 12.9. The molecule has 0 aliphatic carbocycles. The average Bonchev–Trinajstić information content (AvgIpc) is 2.47. The van der Waals surface area contributed by atoms with Gasteiger partial charge in [-0.1, -0.05) is 64.3 Å². The van der Waals surface area contributed by atoms with Gasteiger partial charge in [-0.15, -0.1) is 0 Å². The molecule has 0 aromatic heterocycles. The van der Waals surface area contributed by atoms with Crippen LogP contribution in [0.15, 0.2) is 46.9 Å². The fraction of sp³-hybridized carbons (Fsp3) is 0.250. The van der Waals surface area contributed by atoms with E-state index in [1.54, 1.807) is 18.2 Å². The zero-order chi connectivity index (χ0) is 15.4. The Balaban J connectivity index is 2.35. The fourth-order valence-corrected chi connectivity index (χ4v) is 2.97. The highest BCUT2D eigenvalue weighted by atomic mass is 79.9. The lowest BCUT2D eigenvalue weighted by Crippen LogP contribution is -2.31. The summed E-state index contributed by atoms with van der Waals surface area (Å²) in [7, 11) is 0. The molecule has 0 heterocycles. The third-order valence-electron chi connectivity index (χ3n) is 3.22. The van der Waals surface area contributed by atoms with Crippen LogP contribution in [0.5, 0.6) is 5.75 Å². The summed E-state index contributed by atoms with van der Waals surface area (Å²) in [6.07, 6.45) is 0.501. The van der Waals surface area contributed by atoms with Gasteiger partial charge in [-0.25, -0.2) is 0 Å². The van der Waals surface area contributed by atoms with Crippen molar-refractivity contribution in [1.29, 1.82) is 0 Å². The summed E-state index contributed by atoms with van der Waals surface area (Å²) in [5.74, 6) is 0.575. The maximum absolute atomic E-state index is 6.23. The Bertz CT molecular complexity index is 621. The van der Waals surface area contributed by atoms with Crippen LogP contribution < -0.4 is 10.5 Å². The van der Waals surface area contributed by atoms with Crippen LogP contribution >= 0.6 is 39.1 Å². The number of halogens is 3. The number of rotatable bonds is 5. The SMILES string of the molecule is CCC(N)C(Oc1ccc(Cl)cc1Cl)c1ccccc1Br. The van der Waals surface area contributed by atoms with E-state index in [1.807, 2.05) is 31.2 Å². The molecule has 2 unspecified atom stereocenters. The van der Waals surface area contributed by atoms with Gasteiger partial charge in [0.25, 0.3) is 0 Å². The molecule has 2 aromatic carbocycles. The first kappa shape index (κ1) is 16.6. The molecule has 0 amide bonds. The molecule has 0 spiro atoms. The first-order valence-electron chi connectivity index (χ1n) is 6.64. The molecular formula is C16H16BrCl2NO. The summed E-state index contributed by atoms with van der Waals surface area (Å²) < 4.78 is 7.04. The molecule has 2 N–H and O–H groups in total. The first-order valence-corrected chi connectivity index (χ1v) is 8.19. The van der Waals surface area contributed by atoms with E-state index in [9.17, 15) is 0 Å². The minimum absolute atomic E-state index is 0.143. The molecule has 0 aliphatic heterocycles. The second kappa shape index (κ2) is 7.50. The highest BCUT2D eigenvalue weighted by molar-refractivity contribution is 9.10. The quantitative estimate of drug-likeness (QED) is 0.721. The summed E-state index contributed by atoms with van der Waals surface area (Å²) in [4.78, 5) is 0. The Hall–Kier alpha value is -0.740. The Morgan fingerprint density at radius 1 is 1.19 bits per heavy atom. The lowest BCUT2D eigenvalue weighted by molar-refractivity contribution is 0.170. The average molecular weight is 389 g/mol. The van der Waals surface area contributed by atoms with Gasteiger partial charge in [0.2, 0.25) is 0 Å². The van der Waals surface area contributed by atoms with Crippen LogP contribution in [-0.2, 0) is 0 Å². The van der Waals surface area contributed by atoms with Gasteiger partial charge in [0.1, 0.15) is 11.9 Å². The van der Waals surface area contributed by atoms with Crippen molar-refractivity contribution >= 4 is 39.1 Å². The molecule has 21 heavy (non-hydrogen) atoms. The number of hydrogen-bond acceptors (Lipinski definition) is 2. The van der Waals surface area contributed by atoms with Crippen molar-refractivity contribution in [2.45, 2.75) is 25.5 Å². The molecule has 5 heteroatoms. The maximum atomic E-state index is 6.23. The van der Waals surface area contributed by atoms with Gasteiger partial charge in [0, 0.05) is 21.1 Å². The molecule has 0 radical (unpaired) electrons. The Kier molecular flexibility index (Phi) is 5.94. The van der Waals surface area contributed by atoms with E-state index >= 15 is 0 Å². The van der Waals surface area contributed by atoms with Crippen LogP contribution in [0.3, 0.4) is 0 Å². The lowest BCUT2D eigenvalue weighted by atomic mass is 10.0. The number of ether oxygens (including phenoxy) is 1. The van der Waals surface area contributed by atoms with Crippen molar-refractivity contribution in [2.75, 3.05) is 0 Å². The molecule has 0 aliphatic rings. The van der Waals surface area contributed by atoms with E-state index in [1.165, 1.54) is 0 Å². The summed E-state index contributed by atoms with van der Waals surface area (Å²) in [6.45, 7) is 2.03. The maximum Gasteiger partial charge on any atom is 0.140 e. The number of hydrogen-bond donors (Lipinski definition) is 1. The van der Waals surface area contributed by atoms with Crippen molar-refractivity contribution in [3.63, 3.8) is 0 Å². The van der Waals surface area contributed by atoms with Crippen molar-refractivity contribution < 1.29 is 4.74 Å². The van der Waals surface area contributed by atoms with Gasteiger partial charge in [-0.05, 0) is 30.7 Å². The van der Waals surface area contributed by atoms with E-state index in [0.29, 0.717) is 15.8 Å². The van der Waals surface area contributed by atoms with Crippen LogP contribution in [0.2, 0.25) is 10.0 Å². The van der Waals surface area contributed by atoms with Crippen molar-refractivity contribution in [2.24, 2.45) is 5.73 Å². The van der Waals surface area contributed by atoms with Crippen molar-refractivity contribution in [3.8, 4) is 5.75 Å². The van der Waals surface area contributed by atoms with E-state index < -0.39 is 0 Å². The third kappa shape index (κ3) is 4.13. The predicted molar refractivity (Wildman–Crippen MR) is 92.2 cm³/mol. The van der Waals surface area contributed by atoms with Gasteiger partial charge in [0.15, 0.2) is 0 Å². The van der Waals surface area contributed by atoms with E-state index in [4.69, 9.17) is 33.7 Å². The second-order valence-electron chi connectivity index (χ2n) is 4.71. The van der Waals surface area contributed by atoms with E-state index in [0.717, 1.165) is 16.5 Å². The van der Waals surface area contributed by atoms with Gasteiger partial charge < -0.3 is 10.5 Å². The van der Waals surface area contributed by atoms with Gasteiger partial charge in [-0.2, -0.15) is 0 Å². The Morgan fingerprint density at radius 2 is 1.90 bits per heavy atom. The highest BCUT2D eigenvalue weighted by Gasteiger charge is 2.23. The topological polar surface area (TPSA) is 35.2 Å². The summed E-state index contributed by atoms with van der Waals surface area (Å²) in [5.41, 5.74) is 7.23. The van der Waals surface area contributed by atoms with Crippen LogP contribution in [0, 0.1) is 0 Å². The Morgan fingerprint density at radius 3 is 2.52 bits per heavy atom. The van der Waals surface area contributed by atoms with Crippen LogP contribution in [0.4, 0.5) is 0 Å². The van der Waals surface area contributed by atoms with E-state index in [-0.39, 0.29) is 12.1 Å². The van der Waals surface area contributed by atoms with Crippen LogP contribution in [-0.4, -0.2) is 6.04 Å². The summed E-state index contributed by atoms with van der Waals surface area (Å²) >= 11 is 15.6. The largest absolute Gasteiger partial charge is 0.482 e. The number of nitrogens with two attached hydrogens (primary N) is 1. The molecule has 112 valence electrons. The number of benzene rings is 2. The monoisotopic (exact) mass is 387 g/mol. The molecular weight excluding hydrogens is 373 g/mol. The molecule has 2 rings (SSSR count). The normalized spacial score (nSPS) is 13.8. The summed E-state index contributed by atoms with van der Waals surface area (Å²) in [5, 5.41) is 1.05. The smallest absolute Gasteiger partial charge is 0.140 e. The van der Waals surface area contributed by atoms with Gasteiger partial charge >= 0.3 is 0 Å². The zero-order valence-electron chi connectivity index (χ0n) is 11.5. The molecule has 0 saturated heterocycles. The van der Waals surface area contributed by atoms with E-state index in [2.05, 4.69) is 15.9 Å². The fourth-order valence-electron chi connectivity index (χ4n) is 2.01. The highest BCUT2D eigenvalue weighted by Crippen LogP contribution is 2.35. The molecule has 0 saturated carbocycles. The van der Waals surface area contributed by atoms with Gasteiger partial charge in [0.05, 0.1) is 5.02 Å². The Labute approximate surface area is 143 Å². The first-order chi connectivity index (χ1) is 10.0. The molecule has 0 bridgehead atoms. The third-order valence-corrected chi connectivity index (χ3v) is 4.47.